The van der Waals surface area contributed by atoms with Gasteiger partial charge in [0.15, 0.2) is 0 Å². The maximum Gasteiger partial charge on any atom is 0.0618 e. The van der Waals surface area contributed by atoms with Gasteiger partial charge in [0.1, 0.15) is 0 Å². The number of benzene rings is 8. The first kappa shape index (κ1) is 33.0. The van der Waals surface area contributed by atoms with Crippen LogP contribution in [0.4, 0.5) is 28.4 Å². The minimum atomic E-state index is 0.308. The first-order chi connectivity index (χ1) is 27.3. The van der Waals surface area contributed by atoms with Crippen LogP contribution in [0.3, 0.4) is 0 Å². The van der Waals surface area contributed by atoms with Crippen molar-refractivity contribution in [1.29, 1.82) is 0 Å². The van der Waals surface area contributed by atoms with Crippen molar-refractivity contribution in [3.05, 3.63) is 205 Å². The molecule has 0 amide bonds. The van der Waals surface area contributed by atoms with Gasteiger partial charge in [-0.1, -0.05) is 159 Å². The van der Waals surface area contributed by atoms with Gasteiger partial charge in [0.25, 0.3) is 0 Å². The van der Waals surface area contributed by atoms with Crippen LogP contribution in [-0.2, 0) is 0 Å². The Bertz CT molecular complexity index is 2700. The fourth-order valence-corrected chi connectivity index (χ4v) is 9.09. The standard InChI is InChI=1S/C53H42N2/c1-37-21-20-36-48-49(37)51(44-32-16-19-35-47(44)53(48)55(40-26-10-4-11-27-40)41-28-12-5-13-29-41)50-42-30-14-17-33-45(42)52(46-34-18-15-31-43(46)50)54(38-22-6-2-7-23-38)39-24-8-3-9-25-39/h2,4-8,10-20,22-37H,3,9,21H2,1H3. The molecule has 0 radical (unpaired) electrons. The molecule has 8 aromatic rings. The van der Waals surface area contributed by atoms with Crippen molar-refractivity contribution >= 4 is 66.8 Å². The van der Waals surface area contributed by atoms with Crippen LogP contribution in [0, 0.1) is 0 Å². The Morgan fingerprint density at radius 1 is 0.418 bits per heavy atom. The van der Waals surface area contributed by atoms with Crippen LogP contribution in [0.15, 0.2) is 194 Å². The molecule has 10 rings (SSSR count). The van der Waals surface area contributed by atoms with Crippen molar-refractivity contribution in [3.8, 4) is 11.1 Å². The average molecular weight is 707 g/mol. The van der Waals surface area contributed by atoms with Crippen molar-refractivity contribution in [2.24, 2.45) is 0 Å². The molecule has 0 N–H and O–H groups in total. The summed E-state index contributed by atoms with van der Waals surface area (Å²) in [5.41, 5.74) is 12.5. The number of fused-ring (bicyclic) bond motifs is 4. The van der Waals surface area contributed by atoms with E-state index in [1.54, 1.807) is 0 Å². The molecular weight excluding hydrogens is 665 g/mol. The van der Waals surface area contributed by atoms with Crippen molar-refractivity contribution < 1.29 is 0 Å². The van der Waals surface area contributed by atoms with Crippen LogP contribution >= 0.6 is 0 Å². The van der Waals surface area contributed by atoms with E-state index in [-0.39, 0.29) is 0 Å². The molecule has 2 nitrogen and oxygen atoms in total. The predicted molar refractivity (Wildman–Crippen MR) is 236 cm³/mol. The summed E-state index contributed by atoms with van der Waals surface area (Å²) in [7, 11) is 0. The minimum Gasteiger partial charge on any atom is -0.310 e. The third-order valence-electron chi connectivity index (χ3n) is 11.4. The number of para-hydroxylation sites is 3. The van der Waals surface area contributed by atoms with E-state index in [4.69, 9.17) is 0 Å². The molecule has 0 fully saturated rings. The summed E-state index contributed by atoms with van der Waals surface area (Å²) in [6.45, 7) is 2.41. The predicted octanol–water partition coefficient (Wildman–Crippen LogP) is 15.2. The van der Waals surface area contributed by atoms with Gasteiger partial charge in [0, 0.05) is 44.5 Å². The van der Waals surface area contributed by atoms with Gasteiger partial charge in [-0.3, -0.25) is 0 Å². The molecule has 2 heteroatoms. The number of nitrogens with zero attached hydrogens (tertiary/aromatic N) is 2. The zero-order valence-electron chi connectivity index (χ0n) is 31.1. The molecule has 1 unspecified atom stereocenters. The van der Waals surface area contributed by atoms with Crippen molar-refractivity contribution in [3.63, 3.8) is 0 Å². The first-order valence-electron chi connectivity index (χ1n) is 19.6. The van der Waals surface area contributed by atoms with Crippen LogP contribution in [0.25, 0.3) is 49.5 Å². The zero-order valence-corrected chi connectivity index (χ0v) is 31.1. The van der Waals surface area contributed by atoms with Gasteiger partial charge in [-0.15, -0.1) is 0 Å². The summed E-state index contributed by atoms with van der Waals surface area (Å²) in [4.78, 5) is 4.96. The highest BCUT2D eigenvalue weighted by Gasteiger charge is 2.31. The molecule has 0 aliphatic heterocycles. The van der Waals surface area contributed by atoms with E-state index in [9.17, 15) is 0 Å². The van der Waals surface area contributed by atoms with Crippen LogP contribution < -0.4 is 9.80 Å². The molecule has 0 heterocycles. The quantitative estimate of drug-likeness (QED) is 0.152. The summed E-state index contributed by atoms with van der Waals surface area (Å²) in [5.74, 6) is 0.308. The lowest BCUT2D eigenvalue weighted by Gasteiger charge is -2.35. The summed E-state index contributed by atoms with van der Waals surface area (Å²) >= 11 is 0. The van der Waals surface area contributed by atoms with Crippen LogP contribution in [0.5, 0.6) is 0 Å². The maximum atomic E-state index is 2.49. The van der Waals surface area contributed by atoms with Gasteiger partial charge in [0.2, 0.25) is 0 Å². The summed E-state index contributed by atoms with van der Waals surface area (Å²) in [5, 5.41) is 7.54. The van der Waals surface area contributed by atoms with E-state index >= 15 is 0 Å². The second-order valence-corrected chi connectivity index (χ2v) is 14.7. The van der Waals surface area contributed by atoms with Gasteiger partial charge >= 0.3 is 0 Å². The highest BCUT2D eigenvalue weighted by atomic mass is 15.2. The van der Waals surface area contributed by atoms with Gasteiger partial charge in [-0.25, -0.2) is 0 Å². The second kappa shape index (κ2) is 14.0. The molecule has 0 saturated carbocycles. The second-order valence-electron chi connectivity index (χ2n) is 14.7. The van der Waals surface area contributed by atoms with E-state index in [0.29, 0.717) is 5.92 Å². The lowest BCUT2D eigenvalue weighted by Crippen LogP contribution is -2.17. The van der Waals surface area contributed by atoms with E-state index in [0.717, 1.165) is 36.3 Å². The first-order valence-corrected chi connectivity index (χ1v) is 19.6. The van der Waals surface area contributed by atoms with Crippen LogP contribution in [0.1, 0.15) is 43.2 Å². The maximum absolute atomic E-state index is 2.49. The highest BCUT2D eigenvalue weighted by Crippen LogP contribution is 2.55. The number of anilines is 5. The van der Waals surface area contributed by atoms with E-state index < -0.39 is 0 Å². The molecule has 264 valence electrons. The largest absolute Gasteiger partial charge is 0.310 e. The summed E-state index contributed by atoms with van der Waals surface area (Å²) in [6.07, 6.45) is 14.9. The van der Waals surface area contributed by atoms with Crippen molar-refractivity contribution in [2.45, 2.75) is 32.1 Å². The fourth-order valence-electron chi connectivity index (χ4n) is 9.09. The lowest BCUT2D eigenvalue weighted by molar-refractivity contribution is 0.775. The van der Waals surface area contributed by atoms with Gasteiger partial charge in [-0.05, 0) is 101 Å². The molecule has 0 spiro atoms. The Morgan fingerprint density at radius 2 is 0.873 bits per heavy atom. The lowest BCUT2D eigenvalue weighted by atomic mass is 9.76. The molecule has 2 aliphatic rings. The Labute approximate surface area is 323 Å². The number of hydrogen-bond acceptors (Lipinski definition) is 2. The highest BCUT2D eigenvalue weighted by molar-refractivity contribution is 6.26. The van der Waals surface area contributed by atoms with Crippen molar-refractivity contribution in [1.82, 2.24) is 0 Å². The average Bonchev–Trinajstić information content (AvgIpc) is 3.25. The smallest absolute Gasteiger partial charge is 0.0618 e. The molecule has 0 bridgehead atoms. The summed E-state index contributed by atoms with van der Waals surface area (Å²) in [6, 6.07) is 59.9. The SMILES string of the molecule is CC1CC=Cc2c1c(-c1c3ccccc3c(N(C3=CCCC=C3)c3ccccc3)c3ccccc13)c1ccccc1c2N(c1ccccc1)c1ccccc1. The fraction of sp³-hybridized carbons (Fsp3) is 0.0943. The van der Waals surface area contributed by atoms with E-state index in [1.165, 1.54) is 71.6 Å². The number of hydrogen-bond donors (Lipinski definition) is 0. The topological polar surface area (TPSA) is 6.48 Å². The molecule has 0 aromatic heterocycles. The van der Waals surface area contributed by atoms with Gasteiger partial charge in [0.05, 0.1) is 11.4 Å². The third kappa shape index (κ3) is 5.56. The molecule has 1 atom stereocenters. The molecule has 2 aliphatic carbocycles. The Kier molecular flexibility index (Phi) is 8.37. The van der Waals surface area contributed by atoms with Crippen molar-refractivity contribution in [2.75, 3.05) is 9.80 Å². The molecule has 8 aromatic carbocycles. The van der Waals surface area contributed by atoms with Gasteiger partial charge in [-0.2, -0.15) is 0 Å². The number of allylic oxidation sites excluding steroid dienone is 4. The minimum absolute atomic E-state index is 0.308. The van der Waals surface area contributed by atoms with E-state index in [2.05, 4.69) is 211 Å². The Hall–Kier alpha value is -6.64. The molecular formula is C53H42N2. The Morgan fingerprint density at radius 3 is 1.38 bits per heavy atom. The van der Waals surface area contributed by atoms with Gasteiger partial charge < -0.3 is 9.80 Å². The normalized spacial score (nSPS) is 14.9. The van der Waals surface area contributed by atoms with Crippen LogP contribution in [-0.4, -0.2) is 0 Å². The summed E-state index contributed by atoms with van der Waals surface area (Å²) < 4.78 is 0. The van der Waals surface area contributed by atoms with E-state index in [1.807, 2.05) is 0 Å². The molecule has 0 saturated heterocycles. The Balaban J connectivity index is 1.35. The number of rotatable bonds is 7. The molecule has 55 heavy (non-hydrogen) atoms. The zero-order chi connectivity index (χ0) is 36.7. The van der Waals surface area contributed by atoms with Crippen LogP contribution in [0.2, 0.25) is 0 Å². The monoisotopic (exact) mass is 706 g/mol. The third-order valence-corrected chi connectivity index (χ3v) is 11.4.